The molecule has 36 heavy (non-hydrogen) atoms. The van der Waals surface area contributed by atoms with Crippen LogP contribution >= 0.6 is 7.82 Å². The highest BCUT2D eigenvalue weighted by Crippen LogP contribution is 2.37. The van der Waals surface area contributed by atoms with E-state index in [0.717, 1.165) is 6.42 Å². The number of nitrogens with zero attached hydrogens (tertiary/aromatic N) is 2. The van der Waals surface area contributed by atoms with Crippen molar-refractivity contribution in [2.75, 3.05) is 0 Å². The standard InChI is InChI=1S/C22H32N5O8P/c1-13(2)4-11-20-26-22(34-27-20)17(9-10-19(23)29)25-21(30)18(24-14(3)28)12-15-5-7-16(8-6-15)35-36(31,32)33/h5-8,13,17-18H,4,9-12H2,1-3H3,(H2,23,29)(H,24,28)(H,25,30)(H2,31,32,33)/t17-,18-/m0/s1. The van der Waals surface area contributed by atoms with Gasteiger partial charge in [0.25, 0.3) is 0 Å². The lowest BCUT2D eigenvalue weighted by Gasteiger charge is -2.21. The van der Waals surface area contributed by atoms with Gasteiger partial charge in [-0.15, -0.1) is 0 Å². The first-order valence-electron chi connectivity index (χ1n) is 11.3. The van der Waals surface area contributed by atoms with Crippen LogP contribution < -0.4 is 20.9 Å². The first-order valence-corrected chi connectivity index (χ1v) is 12.9. The van der Waals surface area contributed by atoms with Gasteiger partial charge in [-0.25, -0.2) is 4.57 Å². The number of nitrogens with one attached hydrogen (secondary N) is 2. The molecule has 1 heterocycles. The average molecular weight is 525 g/mol. The fourth-order valence-electron chi connectivity index (χ4n) is 3.26. The van der Waals surface area contributed by atoms with Crippen LogP contribution in [0, 0.1) is 5.92 Å². The van der Waals surface area contributed by atoms with Crippen LogP contribution in [-0.4, -0.2) is 43.7 Å². The zero-order chi connectivity index (χ0) is 26.9. The maximum atomic E-state index is 13.1. The van der Waals surface area contributed by atoms with Gasteiger partial charge in [-0.2, -0.15) is 4.98 Å². The molecule has 14 heteroatoms. The highest BCUT2D eigenvalue weighted by atomic mass is 31.2. The largest absolute Gasteiger partial charge is 0.524 e. The lowest BCUT2D eigenvalue weighted by molar-refractivity contribution is -0.128. The molecular weight excluding hydrogens is 493 g/mol. The molecule has 2 rings (SSSR count). The molecular formula is C22H32N5O8P. The molecule has 1 aromatic heterocycles. The van der Waals surface area contributed by atoms with Crippen molar-refractivity contribution in [1.82, 2.24) is 20.8 Å². The maximum Gasteiger partial charge on any atom is 0.524 e. The summed E-state index contributed by atoms with van der Waals surface area (Å²) in [6.07, 6.45) is 1.58. The summed E-state index contributed by atoms with van der Waals surface area (Å²) >= 11 is 0. The molecule has 0 aliphatic carbocycles. The van der Waals surface area contributed by atoms with Gasteiger partial charge < -0.3 is 25.4 Å². The summed E-state index contributed by atoms with van der Waals surface area (Å²) in [6.45, 7) is 5.40. The Hall–Kier alpha value is -3.28. The molecule has 0 saturated carbocycles. The Labute approximate surface area is 208 Å². The first kappa shape index (κ1) is 29.0. The van der Waals surface area contributed by atoms with E-state index in [1.54, 1.807) is 0 Å². The van der Waals surface area contributed by atoms with Crippen LogP contribution in [0.5, 0.6) is 5.75 Å². The summed E-state index contributed by atoms with van der Waals surface area (Å²) in [6, 6.07) is 3.89. The van der Waals surface area contributed by atoms with E-state index in [2.05, 4.69) is 39.1 Å². The molecule has 0 unspecified atom stereocenters. The van der Waals surface area contributed by atoms with Crippen molar-refractivity contribution in [3.05, 3.63) is 41.5 Å². The summed E-state index contributed by atoms with van der Waals surface area (Å²) in [5.41, 5.74) is 5.87. The van der Waals surface area contributed by atoms with E-state index in [-0.39, 0.29) is 30.9 Å². The molecule has 6 N–H and O–H groups in total. The van der Waals surface area contributed by atoms with Crippen LogP contribution in [0.15, 0.2) is 28.8 Å². The van der Waals surface area contributed by atoms with Crippen molar-refractivity contribution in [1.29, 1.82) is 0 Å². The smallest absolute Gasteiger partial charge is 0.404 e. The number of carbonyl (C=O) groups excluding carboxylic acids is 3. The van der Waals surface area contributed by atoms with Crippen LogP contribution in [0.1, 0.15) is 63.4 Å². The van der Waals surface area contributed by atoms with Gasteiger partial charge in [0.15, 0.2) is 5.82 Å². The molecule has 0 aliphatic heterocycles. The Morgan fingerprint density at radius 1 is 1.14 bits per heavy atom. The van der Waals surface area contributed by atoms with Gasteiger partial charge in [-0.05, 0) is 36.5 Å². The van der Waals surface area contributed by atoms with Crippen molar-refractivity contribution in [2.24, 2.45) is 11.7 Å². The van der Waals surface area contributed by atoms with Gasteiger partial charge in [-0.3, -0.25) is 24.2 Å². The third kappa shape index (κ3) is 10.5. The Morgan fingerprint density at radius 2 is 1.81 bits per heavy atom. The van der Waals surface area contributed by atoms with Crippen molar-refractivity contribution in [2.45, 2.75) is 65.0 Å². The molecule has 0 spiro atoms. The Morgan fingerprint density at radius 3 is 2.36 bits per heavy atom. The van der Waals surface area contributed by atoms with E-state index >= 15 is 0 Å². The second-order valence-corrected chi connectivity index (χ2v) is 9.89. The van der Waals surface area contributed by atoms with Gasteiger partial charge >= 0.3 is 7.82 Å². The van der Waals surface area contributed by atoms with Gasteiger partial charge in [0.05, 0.1) is 0 Å². The predicted molar refractivity (Wildman–Crippen MR) is 127 cm³/mol. The molecule has 2 aromatic rings. The van der Waals surface area contributed by atoms with Gasteiger partial charge in [-0.1, -0.05) is 31.1 Å². The van der Waals surface area contributed by atoms with E-state index in [9.17, 15) is 18.9 Å². The van der Waals surface area contributed by atoms with E-state index in [4.69, 9.17) is 20.0 Å². The summed E-state index contributed by atoms with van der Waals surface area (Å²) < 4.78 is 20.8. The molecule has 0 bridgehead atoms. The second kappa shape index (κ2) is 13.1. The zero-order valence-electron chi connectivity index (χ0n) is 20.3. The van der Waals surface area contributed by atoms with Crippen molar-refractivity contribution >= 4 is 25.5 Å². The number of nitrogens with two attached hydrogens (primary N) is 1. The molecule has 3 amide bonds. The quantitative estimate of drug-likeness (QED) is 0.223. The molecule has 198 valence electrons. The number of carbonyl (C=O) groups is 3. The van der Waals surface area contributed by atoms with E-state index in [0.29, 0.717) is 23.7 Å². The molecule has 13 nitrogen and oxygen atoms in total. The minimum absolute atomic E-state index is 0.0412. The second-order valence-electron chi connectivity index (χ2n) is 8.73. The summed E-state index contributed by atoms with van der Waals surface area (Å²) in [4.78, 5) is 58.4. The SMILES string of the molecule is CC(=O)N[C@@H](Cc1ccc(OP(=O)(O)O)cc1)C(=O)N[C@@H](CCC(N)=O)c1nc(CCC(C)C)no1. The van der Waals surface area contributed by atoms with Crippen LogP contribution in [-0.2, 0) is 31.8 Å². The minimum atomic E-state index is -4.71. The molecule has 2 atom stereocenters. The van der Waals surface area contributed by atoms with Crippen molar-refractivity contribution in [3.63, 3.8) is 0 Å². The van der Waals surface area contributed by atoms with Gasteiger partial charge in [0.2, 0.25) is 23.6 Å². The first-order chi connectivity index (χ1) is 16.8. The number of primary amides is 1. The fraction of sp³-hybridized carbons (Fsp3) is 0.500. The van der Waals surface area contributed by atoms with Crippen LogP contribution in [0.4, 0.5) is 0 Å². The molecule has 0 radical (unpaired) electrons. The van der Waals surface area contributed by atoms with E-state index < -0.39 is 37.6 Å². The Kier molecular flexibility index (Phi) is 10.6. The predicted octanol–water partition coefficient (Wildman–Crippen LogP) is 1.30. The number of hydrogen-bond donors (Lipinski definition) is 5. The summed E-state index contributed by atoms with van der Waals surface area (Å²) in [5, 5.41) is 9.27. The lowest BCUT2D eigenvalue weighted by Crippen LogP contribution is -2.48. The minimum Gasteiger partial charge on any atom is -0.404 e. The van der Waals surface area contributed by atoms with Gasteiger partial charge in [0, 0.05) is 26.2 Å². The van der Waals surface area contributed by atoms with Crippen molar-refractivity contribution < 1.29 is 37.8 Å². The zero-order valence-corrected chi connectivity index (χ0v) is 21.2. The van der Waals surface area contributed by atoms with Gasteiger partial charge in [0.1, 0.15) is 17.8 Å². The number of rotatable bonds is 14. The highest BCUT2D eigenvalue weighted by Gasteiger charge is 2.27. The average Bonchev–Trinajstić information content (AvgIpc) is 3.23. The van der Waals surface area contributed by atoms with Crippen molar-refractivity contribution in [3.8, 4) is 5.75 Å². The number of benzene rings is 1. The number of aryl methyl sites for hydroxylation is 1. The summed E-state index contributed by atoms with van der Waals surface area (Å²) in [7, 11) is -4.71. The molecule has 1 aromatic carbocycles. The number of aromatic nitrogens is 2. The van der Waals surface area contributed by atoms with Crippen LogP contribution in [0.25, 0.3) is 0 Å². The lowest BCUT2D eigenvalue weighted by atomic mass is 10.0. The number of amides is 3. The summed E-state index contributed by atoms with van der Waals surface area (Å²) in [5.74, 6) is -0.574. The van der Waals surface area contributed by atoms with E-state index in [1.807, 2.05) is 0 Å². The topological polar surface area (TPSA) is 207 Å². The molecule has 0 fully saturated rings. The Balaban J connectivity index is 2.17. The maximum absolute atomic E-state index is 13.1. The monoisotopic (exact) mass is 525 g/mol. The molecule has 0 aliphatic rings. The number of phosphoric acid groups is 1. The normalized spacial score (nSPS) is 13.2. The molecule has 0 saturated heterocycles. The highest BCUT2D eigenvalue weighted by molar-refractivity contribution is 7.46. The van der Waals surface area contributed by atoms with Crippen LogP contribution in [0.3, 0.4) is 0 Å². The Bertz CT molecular complexity index is 1080. The third-order valence-corrected chi connectivity index (χ3v) is 5.45. The van der Waals surface area contributed by atoms with Crippen LogP contribution in [0.2, 0.25) is 0 Å². The number of hydrogen-bond acceptors (Lipinski definition) is 8. The third-order valence-electron chi connectivity index (χ3n) is 5.00. The van der Waals surface area contributed by atoms with E-state index in [1.165, 1.54) is 31.2 Å². The number of phosphoric ester groups is 1. The fourth-order valence-corrected chi connectivity index (χ4v) is 3.66.